The number of aromatic nitrogens is 1. The molecule has 1 saturated carbocycles. The third-order valence-electron chi connectivity index (χ3n) is 4.48. The Bertz CT molecular complexity index is 490. The Hall–Kier alpha value is -1.16. The number of hydrogen-bond donors (Lipinski definition) is 0. The molecular weight excluding hydrogens is 266 g/mol. The van der Waals surface area contributed by atoms with Gasteiger partial charge in [-0.3, -0.25) is 4.79 Å². The van der Waals surface area contributed by atoms with Crippen molar-refractivity contribution in [3.8, 4) is 0 Å². The molecule has 0 spiro atoms. The molecule has 2 unspecified atom stereocenters. The topological polar surface area (TPSA) is 52.3 Å². The largest absolute Gasteiger partial charge is 0.378 e. The number of carbonyl (C=O) groups is 1. The second-order valence-electron chi connectivity index (χ2n) is 7.03. The zero-order valence-corrected chi connectivity index (χ0v) is 13.0. The molecular formula is C17H25NO3. The summed E-state index contributed by atoms with van der Waals surface area (Å²) in [5.74, 6) is 2.60. The third-order valence-corrected chi connectivity index (χ3v) is 4.48. The molecule has 1 aromatic rings. The minimum atomic E-state index is 0.126. The fraction of sp³-hybridized carbons (Fsp3) is 0.765. The summed E-state index contributed by atoms with van der Waals surface area (Å²) in [7, 11) is 0. The second kappa shape index (κ2) is 6.30. The Morgan fingerprint density at radius 1 is 1.38 bits per heavy atom. The molecule has 4 nitrogen and oxygen atoms in total. The molecule has 2 heterocycles. The first-order chi connectivity index (χ1) is 10.1. The lowest BCUT2D eigenvalue weighted by Gasteiger charge is -2.30. The standard InChI is InChI=1S/C17H25NO3/c1-11(2)7-14-8-12(5-6-20-14)9-16(19)15-10-17(21-18-15)13-3-4-13/h10-14H,3-9H2,1-2H3. The van der Waals surface area contributed by atoms with Crippen LogP contribution in [0.25, 0.3) is 0 Å². The molecule has 0 aromatic carbocycles. The van der Waals surface area contributed by atoms with Crippen LogP contribution in [0, 0.1) is 11.8 Å². The van der Waals surface area contributed by atoms with Crippen LogP contribution in [0.3, 0.4) is 0 Å². The van der Waals surface area contributed by atoms with E-state index in [-0.39, 0.29) is 5.78 Å². The highest BCUT2D eigenvalue weighted by Crippen LogP contribution is 2.40. The average molecular weight is 291 g/mol. The van der Waals surface area contributed by atoms with E-state index in [4.69, 9.17) is 9.26 Å². The summed E-state index contributed by atoms with van der Waals surface area (Å²) < 4.78 is 11.1. The maximum absolute atomic E-state index is 12.3. The van der Waals surface area contributed by atoms with Crippen LogP contribution in [-0.4, -0.2) is 23.7 Å². The molecule has 4 heteroatoms. The zero-order chi connectivity index (χ0) is 14.8. The van der Waals surface area contributed by atoms with Gasteiger partial charge in [0.15, 0.2) is 5.78 Å². The number of ketones is 1. The van der Waals surface area contributed by atoms with Crippen molar-refractivity contribution in [1.82, 2.24) is 5.16 Å². The summed E-state index contributed by atoms with van der Waals surface area (Å²) in [6.45, 7) is 5.21. The van der Waals surface area contributed by atoms with Gasteiger partial charge in [0.2, 0.25) is 0 Å². The third kappa shape index (κ3) is 3.94. The predicted octanol–water partition coefficient (Wildman–Crippen LogP) is 3.97. The normalized spacial score (nSPS) is 26.2. The van der Waals surface area contributed by atoms with Crippen LogP contribution in [0.5, 0.6) is 0 Å². The fourth-order valence-corrected chi connectivity index (χ4v) is 3.18. The van der Waals surface area contributed by atoms with Crippen molar-refractivity contribution >= 4 is 5.78 Å². The summed E-state index contributed by atoms with van der Waals surface area (Å²) in [5.41, 5.74) is 0.517. The predicted molar refractivity (Wildman–Crippen MR) is 79.3 cm³/mol. The lowest BCUT2D eigenvalue weighted by Crippen LogP contribution is -2.28. The molecule has 1 saturated heterocycles. The molecule has 0 N–H and O–H groups in total. The molecule has 21 heavy (non-hydrogen) atoms. The van der Waals surface area contributed by atoms with E-state index in [1.807, 2.05) is 6.07 Å². The van der Waals surface area contributed by atoms with E-state index in [0.29, 0.717) is 36.0 Å². The summed E-state index contributed by atoms with van der Waals surface area (Å²) in [6, 6.07) is 1.85. The average Bonchev–Trinajstić information content (AvgIpc) is 3.16. The van der Waals surface area contributed by atoms with E-state index < -0.39 is 0 Å². The van der Waals surface area contributed by atoms with Gasteiger partial charge in [-0.1, -0.05) is 19.0 Å². The van der Waals surface area contributed by atoms with Crippen molar-refractivity contribution in [1.29, 1.82) is 0 Å². The molecule has 2 atom stereocenters. The highest BCUT2D eigenvalue weighted by Gasteiger charge is 2.30. The van der Waals surface area contributed by atoms with Crippen LogP contribution in [0.1, 0.15) is 74.5 Å². The maximum Gasteiger partial charge on any atom is 0.185 e. The van der Waals surface area contributed by atoms with E-state index >= 15 is 0 Å². The van der Waals surface area contributed by atoms with E-state index in [2.05, 4.69) is 19.0 Å². The molecule has 1 aliphatic carbocycles. The Kier molecular flexibility index (Phi) is 4.43. The minimum Gasteiger partial charge on any atom is -0.378 e. The highest BCUT2D eigenvalue weighted by molar-refractivity contribution is 5.94. The SMILES string of the molecule is CC(C)CC1CC(CC(=O)c2cc(C3CC3)on2)CCO1. The first-order valence-corrected chi connectivity index (χ1v) is 8.23. The van der Waals surface area contributed by atoms with Gasteiger partial charge in [-0.05, 0) is 43.9 Å². The van der Waals surface area contributed by atoms with Crippen molar-refractivity contribution in [2.45, 2.75) is 64.4 Å². The molecule has 1 aliphatic heterocycles. The van der Waals surface area contributed by atoms with Gasteiger partial charge in [-0.15, -0.1) is 0 Å². The van der Waals surface area contributed by atoms with Crippen LogP contribution < -0.4 is 0 Å². The van der Waals surface area contributed by atoms with Gasteiger partial charge in [-0.2, -0.15) is 0 Å². The number of nitrogens with zero attached hydrogens (tertiary/aromatic N) is 1. The monoisotopic (exact) mass is 291 g/mol. The van der Waals surface area contributed by atoms with Gasteiger partial charge in [0.1, 0.15) is 11.5 Å². The van der Waals surface area contributed by atoms with Crippen LogP contribution in [0.4, 0.5) is 0 Å². The Morgan fingerprint density at radius 2 is 2.19 bits per heavy atom. The van der Waals surface area contributed by atoms with Gasteiger partial charge in [0.25, 0.3) is 0 Å². The second-order valence-corrected chi connectivity index (χ2v) is 7.03. The molecule has 1 aromatic heterocycles. The van der Waals surface area contributed by atoms with Gasteiger partial charge in [0, 0.05) is 25.0 Å². The first-order valence-electron chi connectivity index (χ1n) is 8.23. The fourth-order valence-electron chi connectivity index (χ4n) is 3.18. The maximum atomic E-state index is 12.3. The summed E-state index contributed by atoms with van der Waals surface area (Å²) in [4.78, 5) is 12.3. The number of carbonyl (C=O) groups excluding carboxylic acids is 1. The minimum absolute atomic E-state index is 0.126. The van der Waals surface area contributed by atoms with Gasteiger partial charge in [0.05, 0.1) is 6.10 Å². The van der Waals surface area contributed by atoms with Crippen molar-refractivity contribution in [3.63, 3.8) is 0 Å². The molecule has 0 bridgehead atoms. The van der Waals surface area contributed by atoms with Gasteiger partial charge < -0.3 is 9.26 Å². The number of ether oxygens (including phenoxy) is 1. The van der Waals surface area contributed by atoms with Crippen molar-refractivity contribution in [3.05, 3.63) is 17.5 Å². The molecule has 116 valence electrons. The molecule has 0 radical (unpaired) electrons. The zero-order valence-electron chi connectivity index (χ0n) is 13.0. The van der Waals surface area contributed by atoms with Crippen LogP contribution in [0.2, 0.25) is 0 Å². The van der Waals surface area contributed by atoms with Crippen LogP contribution in [-0.2, 0) is 4.74 Å². The number of hydrogen-bond acceptors (Lipinski definition) is 4. The Balaban J connectivity index is 1.53. The Morgan fingerprint density at radius 3 is 2.90 bits per heavy atom. The van der Waals surface area contributed by atoms with Crippen LogP contribution >= 0.6 is 0 Å². The summed E-state index contributed by atoms with van der Waals surface area (Å²) in [5, 5.41) is 3.95. The molecule has 3 rings (SSSR count). The lowest BCUT2D eigenvalue weighted by atomic mass is 9.87. The molecule has 0 amide bonds. The summed E-state index contributed by atoms with van der Waals surface area (Å²) in [6.07, 6.45) is 6.29. The quantitative estimate of drug-likeness (QED) is 0.744. The first kappa shape index (κ1) is 14.8. The lowest BCUT2D eigenvalue weighted by molar-refractivity contribution is -0.0196. The van der Waals surface area contributed by atoms with E-state index in [1.165, 1.54) is 12.8 Å². The van der Waals surface area contributed by atoms with Crippen molar-refractivity contribution in [2.24, 2.45) is 11.8 Å². The molecule has 2 aliphatic rings. The number of Topliss-reactive ketones (excluding diaryl/α,β-unsaturated/α-hetero) is 1. The van der Waals surface area contributed by atoms with Crippen molar-refractivity contribution in [2.75, 3.05) is 6.61 Å². The molecule has 2 fully saturated rings. The number of rotatable bonds is 6. The van der Waals surface area contributed by atoms with E-state index in [0.717, 1.165) is 31.6 Å². The van der Waals surface area contributed by atoms with E-state index in [9.17, 15) is 4.79 Å². The smallest absolute Gasteiger partial charge is 0.185 e. The Labute approximate surface area is 126 Å². The van der Waals surface area contributed by atoms with Crippen molar-refractivity contribution < 1.29 is 14.1 Å². The summed E-state index contributed by atoms with van der Waals surface area (Å²) >= 11 is 0. The van der Waals surface area contributed by atoms with Gasteiger partial charge in [-0.25, -0.2) is 0 Å². The van der Waals surface area contributed by atoms with Crippen LogP contribution in [0.15, 0.2) is 10.6 Å². The van der Waals surface area contributed by atoms with Gasteiger partial charge >= 0.3 is 0 Å². The highest BCUT2D eigenvalue weighted by atomic mass is 16.5. The van der Waals surface area contributed by atoms with E-state index in [1.54, 1.807) is 0 Å².